The molecular formula is C16H24BNO5. The van der Waals surface area contributed by atoms with Crippen LogP contribution in [-0.2, 0) is 14.1 Å². The molecule has 0 bridgehead atoms. The van der Waals surface area contributed by atoms with Crippen molar-refractivity contribution in [3.8, 4) is 11.5 Å². The van der Waals surface area contributed by atoms with E-state index < -0.39 is 30.2 Å². The third-order valence-electron chi connectivity index (χ3n) is 4.39. The standard InChI is InChI=1S/C16H24BNO5/c1-10(19)21-12-8-7-11(9-13(12)20-6)14(18)17-22-15(2,3)16(4,5)23-17/h7-9,14H,18H2,1-6H3/t14-/m1/s1. The predicted molar refractivity (Wildman–Crippen MR) is 87.3 cm³/mol. The summed E-state index contributed by atoms with van der Waals surface area (Å²) in [7, 11) is 0.941. The van der Waals surface area contributed by atoms with Crippen LogP contribution < -0.4 is 15.2 Å². The molecule has 1 saturated heterocycles. The number of ether oxygens (including phenoxy) is 2. The quantitative estimate of drug-likeness (QED) is 0.520. The lowest BCUT2D eigenvalue weighted by Gasteiger charge is -2.32. The fraction of sp³-hybridized carbons (Fsp3) is 0.562. The van der Waals surface area contributed by atoms with Crippen molar-refractivity contribution in [1.82, 2.24) is 0 Å². The molecule has 0 unspecified atom stereocenters. The van der Waals surface area contributed by atoms with E-state index in [1.807, 2.05) is 27.7 Å². The number of carbonyl (C=O) groups excluding carboxylic acids is 1. The van der Waals surface area contributed by atoms with Crippen LogP contribution in [0.2, 0.25) is 0 Å². The topological polar surface area (TPSA) is 80.0 Å². The van der Waals surface area contributed by atoms with Gasteiger partial charge in [-0.1, -0.05) is 6.07 Å². The van der Waals surface area contributed by atoms with Crippen LogP contribution in [-0.4, -0.2) is 31.4 Å². The molecule has 0 saturated carbocycles. The monoisotopic (exact) mass is 321 g/mol. The molecule has 2 N–H and O–H groups in total. The Morgan fingerprint density at radius 1 is 1.17 bits per heavy atom. The van der Waals surface area contributed by atoms with Gasteiger partial charge in [0.25, 0.3) is 0 Å². The number of rotatable bonds is 4. The van der Waals surface area contributed by atoms with Gasteiger partial charge in [0.2, 0.25) is 0 Å². The first-order valence-corrected chi connectivity index (χ1v) is 7.55. The van der Waals surface area contributed by atoms with E-state index in [9.17, 15) is 4.79 Å². The van der Waals surface area contributed by atoms with Crippen LogP contribution in [0.5, 0.6) is 11.5 Å². The predicted octanol–water partition coefficient (Wildman–Crippen LogP) is 2.25. The Balaban J connectivity index is 2.24. The molecule has 0 aromatic heterocycles. The maximum atomic E-state index is 11.1. The zero-order valence-electron chi connectivity index (χ0n) is 14.5. The van der Waals surface area contributed by atoms with E-state index in [1.165, 1.54) is 14.0 Å². The summed E-state index contributed by atoms with van der Waals surface area (Å²) in [5, 5.41) is 0. The summed E-state index contributed by atoms with van der Waals surface area (Å²) in [6.45, 7) is 9.24. The Labute approximate surface area is 137 Å². The van der Waals surface area contributed by atoms with E-state index in [0.717, 1.165) is 5.56 Å². The fourth-order valence-corrected chi connectivity index (χ4v) is 2.32. The summed E-state index contributed by atoms with van der Waals surface area (Å²) < 4.78 is 22.3. The molecule has 0 spiro atoms. The average molecular weight is 321 g/mol. The third-order valence-corrected chi connectivity index (χ3v) is 4.39. The Morgan fingerprint density at radius 2 is 1.74 bits per heavy atom. The summed E-state index contributed by atoms with van der Waals surface area (Å²) in [6.07, 6.45) is 0. The summed E-state index contributed by atoms with van der Waals surface area (Å²) >= 11 is 0. The normalized spacial score (nSPS) is 20.2. The molecule has 1 fully saturated rings. The average Bonchev–Trinajstić information content (AvgIpc) is 2.66. The molecule has 0 radical (unpaired) electrons. The van der Waals surface area contributed by atoms with Crippen LogP contribution in [0.1, 0.15) is 46.1 Å². The largest absolute Gasteiger partial charge is 0.493 e. The van der Waals surface area contributed by atoms with Gasteiger partial charge in [-0.3, -0.25) is 4.79 Å². The molecule has 1 aromatic carbocycles. The molecule has 2 rings (SSSR count). The van der Waals surface area contributed by atoms with E-state index in [0.29, 0.717) is 11.5 Å². The van der Waals surface area contributed by atoms with Crippen molar-refractivity contribution in [3.05, 3.63) is 23.8 Å². The maximum absolute atomic E-state index is 11.1. The molecule has 0 amide bonds. The van der Waals surface area contributed by atoms with Gasteiger partial charge in [-0.2, -0.15) is 0 Å². The zero-order chi connectivity index (χ0) is 17.4. The Hall–Kier alpha value is -1.57. The summed E-state index contributed by atoms with van der Waals surface area (Å²) in [5.41, 5.74) is 6.18. The molecule has 1 aliphatic rings. The minimum absolute atomic E-state index is 0.352. The number of carbonyl (C=O) groups is 1. The molecule has 7 heteroatoms. The van der Waals surface area contributed by atoms with Crippen molar-refractivity contribution < 1.29 is 23.6 Å². The first-order valence-electron chi connectivity index (χ1n) is 7.55. The Morgan fingerprint density at radius 3 is 2.22 bits per heavy atom. The van der Waals surface area contributed by atoms with E-state index in [1.54, 1.807) is 18.2 Å². The van der Waals surface area contributed by atoms with Crippen LogP contribution >= 0.6 is 0 Å². The summed E-state index contributed by atoms with van der Waals surface area (Å²) in [4.78, 5) is 11.1. The molecule has 1 aromatic rings. The molecule has 1 heterocycles. The van der Waals surface area contributed by atoms with Gasteiger partial charge in [-0.05, 0) is 45.4 Å². The lowest BCUT2D eigenvalue weighted by atomic mass is 9.75. The van der Waals surface area contributed by atoms with E-state index in [-0.39, 0.29) is 0 Å². The second kappa shape index (κ2) is 6.15. The Kier molecular flexibility index (Phi) is 4.75. The van der Waals surface area contributed by atoms with Gasteiger partial charge in [0.15, 0.2) is 11.5 Å². The van der Waals surface area contributed by atoms with Crippen molar-refractivity contribution in [2.24, 2.45) is 5.73 Å². The minimum atomic E-state index is -0.565. The van der Waals surface area contributed by atoms with E-state index in [2.05, 4.69) is 0 Å². The number of benzene rings is 1. The summed E-state index contributed by atoms with van der Waals surface area (Å²) in [6, 6.07) is 5.16. The third kappa shape index (κ3) is 3.52. The smallest absolute Gasteiger partial charge is 0.480 e. The Bertz CT molecular complexity index is 586. The maximum Gasteiger partial charge on any atom is 0.480 e. The van der Waals surface area contributed by atoms with Crippen molar-refractivity contribution in [1.29, 1.82) is 0 Å². The van der Waals surface area contributed by atoms with Crippen LogP contribution in [0, 0.1) is 0 Å². The van der Waals surface area contributed by atoms with Crippen molar-refractivity contribution in [3.63, 3.8) is 0 Å². The highest BCUT2D eigenvalue weighted by Crippen LogP contribution is 2.40. The molecule has 1 aliphatic heterocycles. The molecule has 23 heavy (non-hydrogen) atoms. The number of methoxy groups -OCH3 is 1. The first-order chi connectivity index (χ1) is 10.6. The van der Waals surface area contributed by atoms with E-state index in [4.69, 9.17) is 24.5 Å². The molecule has 0 aliphatic carbocycles. The number of hydrogen-bond donors (Lipinski definition) is 1. The minimum Gasteiger partial charge on any atom is -0.493 e. The second-order valence-corrected chi connectivity index (χ2v) is 6.65. The fourth-order valence-electron chi connectivity index (χ4n) is 2.32. The van der Waals surface area contributed by atoms with Gasteiger partial charge in [-0.25, -0.2) is 0 Å². The molecular weight excluding hydrogens is 297 g/mol. The SMILES string of the molecule is COc1cc([C@@H](N)B2OC(C)(C)C(C)(C)O2)ccc1OC(C)=O. The molecule has 1 atom stereocenters. The first kappa shape index (κ1) is 17.8. The van der Waals surface area contributed by atoms with Crippen LogP contribution in [0.3, 0.4) is 0 Å². The number of nitrogens with two attached hydrogens (primary N) is 1. The number of esters is 1. The van der Waals surface area contributed by atoms with Crippen molar-refractivity contribution in [2.75, 3.05) is 7.11 Å². The lowest BCUT2D eigenvalue weighted by molar-refractivity contribution is -0.132. The highest BCUT2D eigenvalue weighted by atomic mass is 16.7. The van der Waals surface area contributed by atoms with Crippen molar-refractivity contribution >= 4 is 13.1 Å². The van der Waals surface area contributed by atoms with Gasteiger partial charge in [0, 0.05) is 6.92 Å². The second-order valence-electron chi connectivity index (χ2n) is 6.65. The van der Waals surface area contributed by atoms with Gasteiger partial charge in [-0.15, -0.1) is 0 Å². The zero-order valence-corrected chi connectivity index (χ0v) is 14.5. The van der Waals surface area contributed by atoms with Gasteiger partial charge in [0.05, 0.1) is 24.3 Å². The number of hydrogen-bond acceptors (Lipinski definition) is 6. The van der Waals surface area contributed by atoms with Crippen molar-refractivity contribution in [2.45, 2.75) is 51.8 Å². The van der Waals surface area contributed by atoms with Crippen LogP contribution in [0.4, 0.5) is 0 Å². The lowest BCUT2D eigenvalue weighted by Crippen LogP contribution is -2.41. The highest BCUT2D eigenvalue weighted by Gasteiger charge is 2.53. The van der Waals surface area contributed by atoms with Crippen LogP contribution in [0.25, 0.3) is 0 Å². The highest BCUT2D eigenvalue weighted by molar-refractivity contribution is 6.47. The van der Waals surface area contributed by atoms with E-state index >= 15 is 0 Å². The van der Waals surface area contributed by atoms with Gasteiger partial charge < -0.3 is 24.5 Å². The van der Waals surface area contributed by atoms with Gasteiger partial charge >= 0.3 is 13.1 Å². The van der Waals surface area contributed by atoms with Gasteiger partial charge in [0.1, 0.15) is 0 Å². The molecule has 6 nitrogen and oxygen atoms in total. The molecule has 126 valence electrons. The summed E-state index contributed by atoms with van der Waals surface area (Å²) in [5.74, 6) is -0.114. The van der Waals surface area contributed by atoms with Crippen LogP contribution in [0.15, 0.2) is 18.2 Å².